The van der Waals surface area contributed by atoms with E-state index in [1.54, 1.807) is 11.3 Å². The zero-order valence-electron chi connectivity index (χ0n) is 10.6. The Balaban J connectivity index is 1.70. The van der Waals surface area contributed by atoms with E-state index < -0.39 is 0 Å². The molecule has 0 spiro atoms. The fourth-order valence-corrected chi connectivity index (χ4v) is 3.07. The molecular weight excluding hydrogens is 258 g/mol. The predicted octanol–water partition coefficient (Wildman–Crippen LogP) is 1.69. The van der Waals surface area contributed by atoms with Crippen LogP contribution in [0.4, 0.5) is 0 Å². The van der Waals surface area contributed by atoms with Crippen molar-refractivity contribution < 1.29 is 4.79 Å². The first-order chi connectivity index (χ1) is 9.33. The maximum absolute atomic E-state index is 12.3. The van der Waals surface area contributed by atoms with Crippen molar-refractivity contribution >= 4 is 17.2 Å². The molecule has 0 bridgehead atoms. The summed E-state index contributed by atoms with van der Waals surface area (Å²) in [6.45, 7) is 2.62. The van der Waals surface area contributed by atoms with Gasteiger partial charge in [-0.05, 0) is 36.5 Å². The molecule has 4 nitrogen and oxygen atoms in total. The average molecular weight is 275 g/mol. The lowest BCUT2D eigenvalue weighted by molar-refractivity contribution is 0.0931. The van der Waals surface area contributed by atoms with Gasteiger partial charge in [-0.3, -0.25) is 4.79 Å². The first-order valence-electron chi connectivity index (χ1n) is 6.52. The third kappa shape index (κ3) is 2.88. The van der Waals surface area contributed by atoms with Crippen molar-refractivity contribution in [3.63, 3.8) is 0 Å². The van der Waals surface area contributed by atoms with Crippen LogP contribution < -0.4 is 10.6 Å². The van der Waals surface area contributed by atoms with Crippen molar-refractivity contribution in [1.29, 1.82) is 0 Å². The van der Waals surface area contributed by atoms with Gasteiger partial charge in [0.15, 0.2) is 0 Å². The highest BCUT2D eigenvalue weighted by atomic mass is 32.1. The van der Waals surface area contributed by atoms with E-state index in [0.29, 0.717) is 0 Å². The summed E-state index contributed by atoms with van der Waals surface area (Å²) in [6.07, 6.45) is 2.97. The zero-order chi connectivity index (χ0) is 13.1. The third-order valence-electron chi connectivity index (χ3n) is 3.36. The molecule has 2 aromatic heterocycles. The first kappa shape index (κ1) is 12.4. The Bertz CT molecular complexity index is 541. The van der Waals surface area contributed by atoms with Gasteiger partial charge in [-0.15, -0.1) is 11.3 Å². The number of nitrogens with one attached hydrogen (secondary N) is 2. The molecule has 0 radical (unpaired) electrons. The van der Waals surface area contributed by atoms with Crippen LogP contribution in [0.2, 0.25) is 0 Å². The van der Waals surface area contributed by atoms with Gasteiger partial charge < -0.3 is 15.2 Å². The van der Waals surface area contributed by atoms with Gasteiger partial charge in [0.2, 0.25) is 0 Å². The second-order valence-electron chi connectivity index (χ2n) is 4.76. The molecule has 100 valence electrons. The minimum atomic E-state index is 0.0234. The SMILES string of the molecule is O=C(NC1CCNC1)c1cccn1Cc1cccs1. The highest BCUT2D eigenvalue weighted by molar-refractivity contribution is 7.09. The Morgan fingerprint density at radius 1 is 1.47 bits per heavy atom. The van der Waals surface area contributed by atoms with Crippen LogP contribution in [0.1, 0.15) is 21.8 Å². The number of rotatable bonds is 4. The number of amides is 1. The summed E-state index contributed by atoms with van der Waals surface area (Å²) in [7, 11) is 0. The van der Waals surface area contributed by atoms with Crippen molar-refractivity contribution in [3.05, 3.63) is 46.4 Å². The molecule has 3 rings (SSSR count). The largest absolute Gasteiger partial charge is 0.347 e. The Hall–Kier alpha value is -1.59. The molecule has 1 atom stereocenters. The van der Waals surface area contributed by atoms with Crippen LogP contribution in [0.25, 0.3) is 0 Å². The number of hydrogen-bond acceptors (Lipinski definition) is 3. The average Bonchev–Trinajstić information content (AvgIpc) is 3.10. The van der Waals surface area contributed by atoms with Gasteiger partial charge in [0.25, 0.3) is 5.91 Å². The molecule has 1 aliphatic heterocycles. The molecule has 3 heterocycles. The highest BCUT2D eigenvalue weighted by Crippen LogP contribution is 2.13. The minimum Gasteiger partial charge on any atom is -0.347 e. The minimum absolute atomic E-state index is 0.0234. The van der Waals surface area contributed by atoms with Crippen LogP contribution in [0, 0.1) is 0 Å². The fourth-order valence-electron chi connectivity index (χ4n) is 2.37. The maximum Gasteiger partial charge on any atom is 0.268 e. The van der Waals surface area contributed by atoms with Crippen molar-refractivity contribution in [2.24, 2.45) is 0 Å². The summed E-state index contributed by atoms with van der Waals surface area (Å²) in [5.74, 6) is 0.0234. The van der Waals surface area contributed by atoms with Gasteiger partial charge in [0.05, 0.1) is 6.54 Å². The Morgan fingerprint density at radius 3 is 3.16 bits per heavy atom. The van der Waals surface area contributed by atoms with E-state index >= 15 is 0 Å². The number of thiophene rings is 1. The number of aromatic nitrogens is 1. The van der Waals surface area contributed by atoms with Crippen LogP contribution in [-0.4, -0.2) is 29.6 Å². The highest BCUT2D eigenvalue weighted by Gasteiger charge is 2.19. The first-order valence-corrected chi connectivity index (χ1v) is 7.40. The van der Waals surface area contributed by atoms with E-state index in [0.717, 1.165) is 31.7 Å². The second kappa shape index (κ2) is 5.59. The van der Waals surface area contributed by atoms with E-state index in [2.05, 4.69) is 22.1 Å². The van der Waals surface area contributed by atoms with Crippen LogP contribution in [0.3, 0.4) is 0 Å². The van der Waals surface area contributed by atoms with Crippen molar-refractivity contribution in [2.45, 2.75) is 19.0 Å². The fraction of sp³-hybridized carbons (Fsp3) is 0.357. The number of nitrogens with zero attached hydrogens (tertiary/aromatic N) is 1. The van der Waals surface area contributed by atoms with E-state index in [4.69, 9.17) is 0 Å². The molecule has 1 fully saturated rings. The van der Waals surface area contributed by atoms with Crippen LogP contribution in [0.15, 0.2) is 35.8 Å². The molecule has 2 aromatic rings. The second-order valence-corrected chi connectivity index (χ2v) is 5.80. The Morgan fingerprint density at radius 2 is 2.42 bits per heavy atom. The van der Waals surface area contributed by atoms with E-state index in [9.17, 15) is 4.79 Å². The maximum atomic E-state index is 12.3. The molecule has 1 saturated heterocycles. The number of hydrogen-bond donors (Lipinski definition) is 2. The smallest absolute Gasteiger partial charge is 0.268 e. The molecule has 1 aliphatic rings. The molecule has 1 unspecified atom stereocenters. The van der Waals surface area contributed by atoms with Gasteiger partial charge in [0.1, 0.15) is 5.69 Å². The molecule has 2 N–H and O–H groups in total. The van der Waals surface area contributed by atoms with Crippen molar-refractivity contribution in [2.75, 3.05) is 13.1 Å². The molecule has 5 heteroatoms. The number of carbonyl (C=O) groups is 1. The van der Waals surface area contributed by atoms with E-state index in [1.807, 2.05) is 29.0 Å². The molecule has 0 aromatic carbocycles. The summed E-state index contributed by atoms with van der Waals surface area (Å²) < 4.78 is 2.00. The van der Waals surface area contributed by atoms with Gasteiger partial charge in [-0.25, -0.2) is 0 Å². The quantitative estimate of drug-likeness (QED) is 0.892. The lowest BCUT2D eigenvalue weighted by atomic mass is 10.2. The lowest BCUT2D eigenvalue weighted by Gasteiger charge is -2.13. The molecule has 19 heavy (non-hydrogen) atoms. The zero-order valence-corrected chi connectivity index (χ0v) is 11.5. The molecule has 0 aliphatic carbocycles. The van der Waals surface area contributed by atoms with Crippen LogP contribution in [0.5, 0.6) is 0 Å². The molecule has 0 saturated carbocycles. The molecule has 1 amide bonds. The number of carbonyl (C=O) groups excluding carboxylic acids is 1. The monoisotopic (exact) mass is 275 g/mol. The van der Waals surface area contributed by atoms with Crippen molar-refractivity contribution in [1.82, 2.24) is 15.2 Å². The van der Waals surface area contributed by atoms with Crippen LogP contribution >= 0.6 is 11.3 Å². The van der Waals surface area contributed by atoms with E-state index in [1.165, 1.54) is 4.88 Å². The van der Waals surface area contributed by atoms with E-state index in [-0.39, 0.29) is 11.9 Å². The summed E-state index contributed by atoms with van der Waals surface area (Å²) in [5, 5.41) is 8.39. The Kier molecular flexibility index (Phi) is 3.66. The summed E-state index contributed by atoms with van der Waals surface area (Å²) in [4.78, 5) is 13.5. The van der Waals surface area contributed by atoms with Gasteiger partial charge in [0, 0.05) is 23.7 Å². The molecular formula is C14H17N3OS. The van der Waals surface area contributed by atoms with Crippen LogP contribution in [-0.2, 0) is 6.54 Å². The Labute approximate surface area is 116 Å². The van der Waals surface area contributed by atoms with Crippen molar-refractivity contribution in [3.8, 4) is 0 Å². The summed E-state index contributed by atoms with van der Waals surface area (Å²) in [6, 6.07) is 8.19. The summed E-state index contributed by atoms with van der Waals surface area (Å²) >= 11 is 1.71. The predicted molar refractivity (Wildman–Crippen MR) is 76.6 cm³/mol. The third-order valence-corrected chi connectivity index (χ3v) is 4.23. The van der Waals surface area contributed by atoms with Gasteiger partial charge in [-0.2, -0.15) is 0 Å². The van der Waals surface area contributed by atoms with Gasteiger partial charge in [-0.1, -0.05) is 6.07 Å². The topological polar surface area (TPSA) is 46.1 Å². The normalized spacial score (nSPS) is 18.6. The summed E-state index contributed by atoms with van der Waals surface area (Å²) in [5.41, 5.74) is 0.736. The van der Waals surface area contributed by atoms with Gasteiger partial charge >= 0.3 is 0 Å². The standard InChI is InChI=1S/C14H17N3OS/c18-14(16-11-5-6-15-9-11)13-4-1-7-17(13)10-12-3-2-8-19-12/h1-4,7-8,11,15H,5-6,9-10H2,(H,16,18). The lowest BCUT2D eigenvalue weighted by Crippen LogP contribution is -2.37.